The third-order valence-electron chi connectivity index (χ3n) is 8.42. The van der Waals surface area contributed by atoms with Crippen LogP contribution in [-0.4, -0.2) is 11.2 Å². The molecule has 1 heteroatoms. The van der Waals surface area contributed by atoms with Crippen molar-refractivity contribution in [1.82, 2.24) is 0 Å². The van der Waals surface area contributed by atoms with E-state index in [0.717, 1.165) is 30.6 Å². The van der Waals surface area contributed by atoms with Crippen molar-refractivity contribution in [2.24, 2.45) is 34.5 Å². The lowest BCUT2D eigenvalue weighted by molar-refractivity contribution is -0.0600. The molecule has 7 atom stereocenters. The van der Waals surface area contributed by atoms with E-state index in [-0.39, 0.29) is 6.10 Å². The van der Waals surface area contributed by atoms with Gasteiger partial charge in [-0.25, -0.2) is 0 Å². The summed E-state index contributed by atoms with van der Waals surface area (Å²) in [6.45, 7) is 7.53. The van der Waals surface area contributed by atoms with Crippen molar-refractivity contribution < 1.29 is 5.11 Å². The van der Waals surface area contributed by atoms with Crippen molar-refractivity contribution in [2.45, 2.75) is 78.2 Å². The highest BCUT2D eigenvalue weighted by Gasteiger charge is 2.57. The van der Waals surface area contributed by atoms with E-state index in [2.05, 4.69) is 26.8 Å². The molecule has 0 aromatic rings. The van der Waals surface area contributed by atoms with Crippen molar-refractivity contribution in [3.63, 3.8) is 0 Å². The molecule has 1 N–H and O–H groups in total. The van der Waals surface area contributed by atoms with Gasteiger partial charge in [0.15, 0.2) is 0 Å². The molecule has 4 aliphatic carbocycles. The summed E-state index contributed by atoms with van der Waals surface area (Å²) >= 11 is 0. The smallest absolute Gasteiger partial charge is 0.0580 e. The maximum atomic E-state index is 10.2. The maximum absolute atomic E-state index is 10.2. The summed E-state index contributed by atoms with van der Waals surface area (Å²) < 4.78 is 0. The second-order valence-electron chi connectivity index (χ2n) is 9.20. The van der Waals surface area contributed by atoms with Gasteiger partial charge in [0.2, 0.25) is 0 Å². The molecule has 0 aromatic heterocycles. The van der Waals surface area contributed by atoms with E-state index in [0.29, 0.717) is 16.7 Å². The van der Waals surface area contributed by atoms with E-state index in [4.69, 9.17) is 0 Å². The Labute approximate surface area is 130 Å². The van der Waals surface area contributed by atoms with Crippen molar-refractivity contribution in [3.05, 3.63) is 11.6 Å². The lowest BCUT2D eigenvalue weighted by atomic mass is 9.46. The Bertz CT molecular complexity index is 466. The predicted molar refractivity (Wildman–Crippen MR) is 86.9 cm³/mol. The molecule has 0 spiro atoms. The van der Waals surface area contributed by atoms with E-state index in [1.165, 1.54) is 38.5 Å². The highest BCUT2D eigenvalue weighted by molar-refractivity contribution is 5.26. The minimum atomic E-state index is -0.0868. The number of allylic oxidation sites excluding steroid dienone is 1. The second kappa shape index (κ2) is 4.60. The molecule has 0 amide bonds. The standard InChI is InChI=1S/C20H32O/c1-13-11-15(21)12-14-6-7-16-17-5-4-9-19(17,2)10-8-18(16)20(13,14)3/h6,13,15-18,21H,4-5,7-12H2,1-3H3/t13?,15-,16-,17-,18-,19-,20-/m0/s1. The molecule has 0 aromatic carbocycles. The van der Waals surface area contributed by atoms with Gasteiger partial charge in [0.1, 0.15) is 0 Å². The minimum absolute atomic E-state index is 0.0868. The first-order valence-electron chi connectivity index (χ1n) is 9.33. The van der Waals surface area contributed by atoms with Crippen molar-refractivity contribution >= 4 is 0 Å². The highest BCUT2D eigenvalue weighted by atomic mass is 16.3. The lowest BCUT2D eigenvalue weighted by Crippen LogP contribution is -2.52. The number of rotatable bonds is 0. The molecule has 21 heavy (non-hydrogen) atoms. The quantitative estimate of drug-likeness (QED) is 0.626. The zero-order chi connectivity index (χ0) is 14.8. The van der Waals surface area contributed by atoms with Gasteiger partial charge in [0.05, 0.1) is 6.10 Å². The average molecular weight is 288 g/mol. The largest absolute Gasteiger partial charge is 0.393 e. The number of hydrogen-bond acceptors (Lipinski definition) is 1. The van der Waals surface area contributed by atoms with Crippen LogP contribution in [0.2, 0.25) is 0 Å². The number of aliphatic hydroxyl groups is 1. The molecule has 0 saturated heterocycles. The molecule has 3 saturated carbocycles. The van der Waals surface area contributed by atoms with Crippen LogP contribution < -0.4 is 0 Å². The van der Waals surface area contributed by atoms with Crippen LogP contribution >= 0.6 is 0 Å². The fourth-order valence-electron chi connectivity index (χ4n) is 7.07. The van der Waals surface area contributed by atoms with Crippen molar-refractivity contribution in [2.75, 3.05) is 0 Å². The molecule has 0 bridgehead atoms. The zero-order valence-electron chi connectivity index (χ0n) is 14.1. The van der Waals surface area contributed by atoms with Gasteiger partial charge in [-0.05, 0) is 79.4 Å². The molecular weight excluding hydrogens is 256 g/mol. The summed E-state index contributed by atoms with van der Waals surface area (Å²) in [4.78, 5) is 0. The Balaban J connectivity index is 1.71. The fraction of sp³-hybridized carbons (Fsp3) is 0.900. The van der Waals surface area contributed by atoms with Gasteiger partial charge in [-0.2, -0.15) is 0 Å². The first-order valence-corrected chi connectivity index (χ1v) is 9.33. The third kappa shape index (κ3) is 1.85. The minimum Gasteiger partial charge on any atom is -0.393 e. The van der Waals surface area contributed by atoms with Crippen LogP contribution in [0.3, 0.4) is 0 Å². The summed E-state index contributed by atoms with van der Waals surface area (Å²) in [5.74, 6) is 3.44. The monoisotopic (exact) mass is 288 g/mol. The summed E-state index contributed by atoms with van der Waals surface area (Å²) in [6, 6.07) is 0. The summed E-state index contributed by atoms with van der Waals surface area (Å²) in [5, 5.41) is 10.2. The number of fused-ring (bicyclic) bond motifs is 5. The molecule has 0 heterocycles. The van der Waals surface area contributed by atoms with Gasteiger partial charge >= 0.3 is 0 Å². The van der Waals surface area contributed by atoms with E-state index in [9.17, 15) is 5.11 Å². The lowest BCUT2D eigenvalue weighted by Gasteiger charge is -2.59. The van der Waals surface area contributed by atoms with Gasteiger partial charge < -0.3 is 5.11 Å². The average Bonchev–Trinajstić information content (AvgIpc) is 2.82. The van der Waals surface area contributed by atoms with E-state index in [1.807, 2.05) is 0 Å². The molecule has 0 aliphatic heterocycles. The molecule has 4 rings (SSSR count). The Kier molecular flexibility index (Phi) is 3.13. The first-order chi connectivity index (χ1) is 9.95. The topological polar surface area (TPSA) is 20.2 Å². The van der Waals surface area contributed by atoms with Crippen LogP contribution in [0, 0.1) is 34.5 Å². The zero-order valence-corrected chi connectivity index (χ0v) is 14.1. The van der Waals surface area contributed by atoms with Crippen LogP contribution in [0.4, 0.5) is 0 Å². The Morgan fingerprint density at radius 3 is 2.76 bits per heavy atom. The van der Waals surface area contributed by atoms with Gasteiger partial charge in [0, 0.05) is 0 Å². The molecular formula is C20H32O. The summed E-state index contributed by atoms with van der Waals surface area (Å²) in [7, 11) is 0. The molecule has 1 unspecified atom stereocenters. The number of hydrogen-bond donors (Lipinski definition) is 1. The summed E-state index contributed by atoms with van der Waals surface area (Å²) in [6.07, 6.45) is 13.0. The Morgan fingerprint density at radius 1 is 1.14 bits per heavy atom. The van der Waals surface area contributed by atoms with Crippen LogP contribution in [-0.2, 0) is 0 Å². The molecule has 0 radical (unpaired) electrons. The van der Waals surface area contributed by atoms with E-state index >= 15 is 0 Å². The predicted octanol–water partition coefficient (Wildman–Crippen LogP) is 4.95. The van der Waals surface area contributed by atoms with Crippen LogP contribution in [0.25, 0.3) is 0 Å². The Hall–Kier alpha value is -0.300. The number of aliphatic hydroxyl groups excluding tert-OH is 1. The highest BCUT2D eigenvalue weighted by Crippen LogP contribution is 2.65. The fourth-order valence-corrected chi connectivity index (χ4v) is 7.07. The normalized spacial score (nSPS) is 56.2. The molecule has 118 valence electrons. The van der Waals surface area contributed by atoms with Crippen LogP contribution in [0.1, 0.15) is 72.1 Å². The van der Waals surface area contributed by atoms with Crippen LogP contribution in [0.15, 0.2) is 11.6 Å². The van der Waals surface area contributed by atoms with Crippen LogP contribution in [0.5, 0.6) is 0 Å². The summed E-state index contributed by atoms with van der Waals surface area (Å²) in [5.41, 5.74) is 2.64. The Morgan fingerprint density at radius 2 is 1.95 bits per heavy atom. The maximum Gasteiger partial charge on any atom is 0.0580 e. The second-order valence-corrected chi connectivity index (χ2v) is 9.20. The van der Waals surface area contributed by atoms with E-state index < -0.39 is 0 Å². The molecule has 3 fully saturated rings. The molecule has 1 nitrogen and oxygen atoms in total. The van der Waals surface area contributed by atoms with Gasteiger partial charge in [-0.1, -0.05) is 38.8 Å². The van der Waals surface area contributed by atoms with Crippen molar-refractivity contribution in [3.8, 4) is 0 Å². The van der Waals surface area contributed by atoms with Gasteiger partial charge in [-0.3, -0.25) is 0 Å². The van der Waals surface area contributed by atoms with Gasteiger partial charge in [-0.15, -0.1) is 0 Å². The third-order valence-corrected chi connectivity index (χ3v) is 8.42. The molecule has 4 aliphatic rings. The van der Waals surface area contributed by atoms with Gasteiger partial charge in [0.25, 0.3) is 0 Å². The SMILES string of the molecule is CC1C[C@H](O)CC2=CC[C@H]3[C@@H]4CCC[C@@]4(C)CC[C@@H]3[C@]21C. The first kappa shape index (κ1) is 14.3. The van der Waals surface area contributed by atoms with E-state index in [1.54, 1.807) is 5.57 Å². The van der Waals surface area contributed by atoms with Crippen molar-refractivity contribution in [1.29, 1.82) is 0 Å².